The van der Waals surface area contributed by atoms with Crippen LogP contribution in [0, 0.1) is 0 Å². The summed E-state index contributed by atoms with van der Waals surface area (Å²) < 4.78 is 5.44. The Morgan fingerprint density at radius 3 is 2.59 bits per heavy atom. The van der Waals surface area contributed by atoms with Gasteiger partial charge in [-0.15, -0.1) is 0 Å². The van der Waals surface area contributed by atoms with Crippen LogP contribution in [-0.4, -0.2) is 36.4 Å². The van der Waals surface area contributed by atoms with E-state index in [-0.39, 0.29) is 5.91 Å². The van der Waals surface area contributed by atoms with E-state index in [4.69, 9.17) is 16.3 Å². The third kappa shape index (κ3) is 3.00. The Morgan fingerprint density at radius 2 is 2.00 bits per heavy atom. The number of hydrogen-bond donors (Lipinski definition) is 2. The van der Waals surface area contributed by atoms with E-state index in [0.29, 0.717) is 37.6 Å². The number of carbonyl (C=O) groups is 1. The summed E-state index contributed by atoms with van der Waals surface area (Å²) in [5.41, 5.74) is -0.388. The fraction of sp³-hybridized carbons (Fsp3) is 0.588. The molecule has 0 aromatic heterocycles. The second-order valence-corrected chi connectivity index (χ2v) is 6.90. The molecule has 2 fully saturated rings. The average molecular weight is 324 g/mol. The van der Waals surface area contributed by atoms with Gasteiger partial charge in [-0.3, -0.25) is 4.79 Å². The van der Waals surface area contributed by atoms with Crippen LogP contribution in [0.4, 0.5) is 0 Å². The Labute approximate surface area is 135 Å². The summed E-state index contributed by atoms with van der Waals surface area (Å²) in [5, 5.41) is 13.8. The molecule has 1 saturated carbocycles. The molecule has 2 N–H and O–H groups in total. The fourth-order valence-electron chi connectivity index (χ4n) is 3.33. The van der Waals surface area contributed by atoms with Crippen LogP contribution < -0.4 is 5.32 Å². The summed E-state index contributed by atoms with van der Waals surface area (Å²) in [4.78, 5) is 12.9. The van der Waals surface area contributed by atoms with Gasteiger partial charge in [0.15, 0.2) is 0 Å². The van der Waals surface area contributed by atoms with E-state index >= 15 is 0 Å². The molecule has 3 rings (SSSR count). The van der Waals surface area contributed by atoms with Gasteiger partial charge in [-0.1, -0.05) is 23.7 Å². The number of nitrogens with one attached hydrogen (secondary N) is 1. The van der Waals surface area contributed by atoms with Gasteiger partial charge in [-0.25, -0.2) is 0 Å². The van der Waals surface area contributed by atoms with Crippen molar-refractivity contribution in [2.45, 2.75) is 43.1 Å². The highest BCUT2D eigenvalue weighted by Crippen LogP contribution is 2.37. The highest BCUT2D eigenvalue weighted by atomic mass is 35.5. The zero-order chi connectivity index (χ0) is 15.6. The lowest BCUT2D eigenvalue weighted by Gasteiger charge is -2.40. The first-order chi connectivity index (χ1) is 10.5. The van der Waals surface area contributed by atoms with Crippen LogP contribution in [0.15, 0.2) is 24.3 Å². The minimum atomic E-state index is -0.712. The Balaban J connectivity index is 1.80. The molecule has 2 aliphatic rings. The molecule has 1 aliphatic heterocycles. The van der Waals surface area contributed by atoms with E-state index < -0.39 is 11.0 Å². The van der Waals surface area contributed by atoms with Crippen molar-refractivity contribution in [2.24, 2.45) is 0 Å². The maximum Gasteiger partial charge on any atom is 0.230 e. The molecular weight excluding hydrogens is 302 g/mol. The maximum atomic E-state index is 12.9. The summed E-state index contributed by atoms with van der Waals surface area (Å²) in [6.07, 6.45) is 3.83. The fourth-order valence-corrected chi connectivity index (χ4v) is 3.52. The molecular formula is C17H22ClNO3. The smallest absolute Gasteiger partial charge is 0.230 e. The summed E-state index contributed by atoms with van der Waals surface area (Å²) in [6, 6.07) is 7.51. The second kappa shape index (κ2) is 6.19. The van der Waals surface area contributed by atoms with E-state index in [9.17, 15) is 9.90 Å². The molecule has 0 atom stereocenters. The lowest BCUT2D eigenvalue weighted by molar-refractivity contribution is -0.132. The van der Waals surface area contributed by atoms with Gasteiger partial charge in [-0.05, 0) is 49.8 Å². The van der Waals surface area contributed by atoms with E-state index in [2.05, 4.69) is 5.32 Å². The first-order valence-corrected chi connectivity index (χ1v) is 8.26. The van der Waals surface area contributed by atoms with Gasteiger partial charge in [-0.2, -0.15) is 0 Å². The van der Waals surface area contributed by atoms with Crippen molar-refractivity contribution in [2.75, 3.05) is 19.8 Å². The first kappa shape index (κ1) is 15.8. The van der Waals surface area contributed by atoms with Gasteiger partial charge in [0, 0.05) is 24.8 Å². The molecule has 1 aromatic carbocycles. The van der Waals surface area contributed by atoms with Crippen molar-refractivity contribution >= 4 is 17.5 Å². The van der Waals surface area contributed by atoms with Crippen LogP contribution in [0.3, 0.4) is 0 Å². The summed E-state index contributed by atoms with van der Waals surface area (Å²) in [5.74, 6) is -0.0293. The van der Waals surface area contributed by atoms with Crippen molar-refractivity contribution in [3.63, 3.8) is 0 Å². The van der Waals surface area contributed by atoms with Gasteiger partial charge in [0.25, 0.3) is 0 Å². The average Bonchev–Trinajstić information content (AvgIpc) is 2.51. The summed E-state index contributed by atoms with van der Waals surface area (Å²) >= 11 is 6.11. The zero-order valence-corrected chi connectivity index (χ0v) is 13.4. The number of amides is 1. The van der Waals surface area contributed by atoms with Crippen molar-refractivity contribution in [1.82, 2.24) is 5.32 Å². The van der Waals surface area contributed by atoms with Crippen molar-refractivity contribution in [3.05, 3.63) is 34.9 Å². The molecule has 22 heavy (non-hydrogen) atoms. The maximum absolute atomic E-state index is 12.9. The molecule has 0 unspecified atom stereocenters. The Bertz CT molecular complexity index is 551. The standard InChI is InChI=1S/C17H22ClNO3/c18-14-4-1-3-13(11-14)17(7-9-22-10-8-17)15(20)19-12-16(21)5-2-6-16/h1,3-4,11,21H,2,5-10,12H2,(H,19,20). The second-order valence-electron chi connectivity index (χ2n) is 6.47. The number of carbonyl (C=O) groups excluding carboxylic acids is 1. The molecule has 1 aliphatic carbocycles. The van der Waals surface area contributed by atoms with Gasteiger partial charge in [0.2, 0.25) is 5.91 Å². The molecule has 120 valence electrons. The number of rotatable bonds is 4. The zero-order valence-electron chi connectivity index (χ0n) is 12.6. The van der Waals surface area contributed by atoms with Crippen LogP contribution in [0.1, 0.15) is 37.7 Å². The molecule has 1 heterocycles. The molecule has 0 radical (unpaired) electrons. The molecule has 4 nitrogen and oxygen atoms in total. The molecule has 1 aromatic rings. The number of benzene rings is 1. The topological polar surface area (TPSA) is 58.6 Å². The van der Waals surface area contributed by atoms with E-state index in [1.807, 2.05) is 24.3 Å². The van der Waals surface area contributed by atoms with Gasteiger partial charge >= 0.3 is 0 Å². The number of halogens is 1. The highest BCUT2D eigenvalue weighted by molar-refractivity contribution is 6.30. The van der Waals surface area contributed by atoms with Crippen molar-refractivity contribution < 1.29 is 14.6 Å². The number of hydrogen-bond acceptors (Lipinski definition) is 3. The largest absolute Gasteiger partial charge is 0.388 e. The van der Waals surface area contributed by atoms with Crippen LogP contribution in [0.25, 0.3) is 0 Å². The monoisotopic (exact) mass is 323 g/mol. The quantitative estimate of drug-likeness (QED) is 0.894. The Hall–Kier alpha value is -1.10. The minimum Gasteiger partial charge on any atom is -0.388 e. The molecule has 1 saturated heterocycles. The molecule has 1 amide bonds. The van der Waals surface area contributed by atoms with Crippen LogP contribution in [0.2, 0.25) is 5.02 Å². The highest BCUT2D eigenvalue weighted by Gasteiger charge is 2.43. The van der Waals surface area contributed by atoms with Gasteiger partial charge in [0.1, 0.15) is 0 Å². The Kier molecular flexibility index (Phi) is 4.44. The third-order valence-electron chi connectivity index (χ3n) is 5.02. The molecule has 0 bridgehead atoms. The molecule has 0 spiro atoms. The van der Waals surface area contributed by atoms with Crippen LogP contribution in [-0.2, 0) is 14.9 Å². The number of ether oxygens (including phenoxy) is 1. The van der Waals surface area contributed by atoms with Gasteiger partial charge in [0.05, 0.1) is 11.0 Å². The Morgan fingerprint density at radius 1 is 1.27 bits per heavy atom. The molecule has 5 heteroatoms. The summed E-state index contributed by atoms with van der Waals surface area (Å²) in [6.45, 7) is 1.45. The van der Waals surface area contributed by atoms with Crippen LogP contribution in [0.5, 0.6) is 0 Å². The normalized spacial score (nSPS) is 22.6. The third-order valence-corrected chi connectivity index (χ3v) is 5.26. The van der Waals surface area contributed by atoms with Gasteiger partial charge < -0.3 is 15.2 Å². The predicted octanol–water partition coefficient (Wildman–Crippen LogP) is 2.42. The lowest BCUT2D eigenvalue weighted by Crippen LogP contribution is -2.54. The first-order valence-electron chi connectivity index (χ1n) is 7.89. The summed E-state index contributed by atoms with van der Waals surface area (Å²) in [7, 11) is 0. The van der Waals surface area contributed by atoms with Crippen molar-refractivity contribution in [1.29, 1.82) is 0 Å². The van der Waals surface area contributed by atoms with E-state index in [1.54, 1.807) is 0 Å². The minimum absolute atomic E-state index is 0.0293. The SMILES string of the molecule is O=C(NCC1(O)CCC1)C1(c2cccc(Cl)c2)CCOCC1. The van der Waals surface area contributed by atoms with E-state index in [0.717, 1.165) is 24.8 Å². The number of aliphatic hydroxyl groups is 1. The lowest BCUT2D eigenvalue weighted by atomic mass is 9.73. The van der Waals surface area contributed by atoms with Crippen molar-refractivity contribution in [3.8, 4) is 0 Å². The predicted molar refractivity (Wildman–Crippen MR) is 85.0 cm³/mol. The van der Waals surface area contributed by atoms with E-state index in [1.165, 1.54) is 0 Å². The van der Waals surface area contributed by atoms with Crippen LogP contribution >= 0.6 is 11.6 Å².